The highest BCUT2D eigenvalue weighted by Gasteiger charge is 2.34. The monoisotopic (exact) mass is 385 g/mol. The summed E-state index contributed by atoms with van der Waals surface area (Å²) in [4.78, 5) is 37.7. The van der Waals surface area contributed by atoms with Gasteiger partial charge < -0.3 is 0 Å². The van der Waals surface area contributed by atoms with Crippen LogP contribution in [0.25, 0.3) is 0 Å². The molecule has 4 heteroatoms. The summed E-state index contributed by atoms with van der Waals surface area (Å²) >= 11 is 0. The molecule has 154 valence electrons. The molecule has 28 heavy (non-hydrogen) atoms. The van der Waals surface area contributed by atoms with E-state index in [2.05, 4.69) is 6.92 Å². The van der Waals surface area contributed by atoms with Gasteiger partial charge in [0, 0.05) is 18.9 Å². The zero-order valence-corrected chi connectivity index (χ0v) is 17.7. The van der Waals surface area contributed by atoms with E-state index in [1.54, 1.807) is 24.3 Å². The first kappa shape index (κ1) is 22.3. The van der Waals surface area contributed by atoms with Gasteiger partial charge in [-0.2, -0.15) is 0 Å². The number of rotatable bonds is 13. The Morgan fingerprint density at radius 3 is 1.86 bits per heavy atom. The van der Waals surface area contributed by atoms with Crippen LogP contribution >= 0.6 is 0 Å². The van der Waals surface area contributed by atoms with E-state index < -0.39 is 0 Å². The van der Waals surface area contributed by atoms with Gasteiger partial charge in [-0.3, -0.25) is 19.3 Å². The largest absolute Gasteiger partial charge is 0.299 e. The Morgan fingerprint density at radius 2 is 1.32 bits per heavy atom. The van der Waals surface area contributed by atoms with Crippen LogP contribution in [0.2, 0.25) is 0 Å². The lowest BCUT2D eigenvalue weighted by Gasteiger charge is -2.13. The lowest BCUT2D eigenvalue weighted by atomic mass is 9.93. The second kappa shape index (κ2) is 11.1. The predicted octanol–water partition coefficient (Wildman–Crippen LogP) is 5.65. The summed E-state index contributed by atoms with van der Waals surface area (Å²) < 4.78 is 0. The topological polar surface area (TPSA) is 54.5 Å². The van der Waals surface area contributed by atoms with E-state index in [0.29, 0.717) is 29.4 Å². The van der Waals surface area contributed by atoms with Gasteiger partial charge >= 0.3 is 0 Å². The molecule has 1 unspecified atom stereocenters. The highest BCUT2D eigenvalue weighted by molar-refractivity contribution is 6.21. The van der Waals surface area contributed by atoms with Crippen LogP contribution in [-0.2, 0) is 4.79 Å². The quantitative estimate of drug-likeness (QED) is 0.325. The van der Waals surface area contributed by atoms with Crippen molar-refractivity contribution < 1.29 is 14.4 Å². The van der Waals surface area contributed by atoms with Crippen molar-refractivity contribution in [2.45, 2.75) is 78.6 Å². The molecule has 1 heterocycles. The Balaban J connectivity index is 1.50. The molecular weight excluding hydrogens is 350 g/mol. The number of carbonyl (C=O) groups is 3. The first-order valence-corrected chi connectivity index (χ1v) is 10.9. The average Bonchev–Trinajstić information content (AvgIpc) is 2.91. The minimum Gasteiger partial charge on any atom is -0.299 e. The van der Waals surface area contributed by atoms with Gasteiger partial charge in [0.15, 0.2) is 0 Å². The number of unbranched alkanes of at least 4 members (excludes halogenated alkanes) is 6. The van der Waals surface area contributed by atoms with Crippen LogP contribution in [0.15, 0.2) is 24.3 Å². The number of hydrogen-bond donors (Lipinski definition) is 0. The van der Waals surface area contributed by atoms with Crippen LogP contribution in [0.1, 0.15) is 99.3 Å². The van der Waals surface area contributed by atoms with Crippen molar-refractivity contribution in [2.75, 3.05) is 6.54 Å². The fourth-order valence-electron chi connectivity index (χ4n) is 3.77. The van der Waals surface area contributed by atoms with E-state index in [9.17, 15) is 14.4 Å². The lowest BCUT2D eigenvalue weighted by molar-refractivity contribution is -0.122. The van der Waals surface area contributed by atoms with Gasteiger partial charge in [-0.15, -0.1) is 0 Å². The van der Waals surface area contributed by atoms with Crippen molar-refractivity contribution in [3.05, 3.63) is 35.4 Å². The zero-order chi connectivity index (χ0) is 20.5. The third-order valence-electron chi connectivity index (χ3n) is 5.65. The number of Topliss-reactive ketones (excluding diaryl/α,β-unsaturated/α-hetero) is 1. The third-order valence-corrected chi connectivity index (χ3v) is 5.65. The normalized spacial score (nSPS) is 14.6. The lowest BCUT2D eigenvalue weighted by Crippen LogP contribution is -2.30. The molecule has 0 saturated heterocycles. The molecule has 0 aromatic heterocycles. The van der Waals surface area contributed by atoms with E-state index in [0.717, 1.165) is 32.1 Å². The van der Waals surface area contributed by atoms with Crippen LogP contribution in [0, 0.1) is 11.8 Å². The number of nitrogens with zero attached hydrogens (tertiary/aromatic N) is 1. The molecule has 0 N–H and O–H groups in total. The molecule has 0 radical (unpaired) electrons. The van der Waals surface area contributed by atoms with Crippen molar-refractivity contribution in [3.63, 3.8) is 0 Å². The van der Waals surface area contributed by atoms with E-state index in [4.69, 9.17) is 0 Å². The second-order valence-corrected chi connectivity index (χ2v) is 8.50. The molecule has 1 aliphatic rings. The van der Waals surface area contributed by atoms with E-state index >= 15 is 0 Å². The standard InChI is InChI=1S/C24H35NO3/c1-18(2)22(26)17-19(3)13-9-7-5-4-6-8-12-16-25-23(27)20-14-10-11-15-21(20)24(25)28/h10-11,14-15,18-19H,4-9,12-13,16-17H2,1-3H3. The molecule has 2 amide bonds. The fourth-order valence-corrected chi connectivity index (χ4v) is 3.77. The van der Waals surface area contributed by atoms with Gasteiger partial charge in [0.2, 0.25) is 0 Å². The van der Waals surface area contributed by atoms with Crippen LogP contribution in [0.5, 0.6) is 0 Å². The minimum atomic E-state index is -0.148. The summed E-state index contributed by atoms with van der Waals surface area (Å²) in [5, 5.41) is 0. The molecule has 1 atom stereocenters. The SMILES string of the molecule is CC(CCCCCCCCCN1C(=O)c2ccccc2C1=O)CC(=O)C(C)C. The summed E-state index contributed by atoms with van der Waals surface area (Å²) in [6.45, 7) is 6.65. The summed E-state index contributed by atoms with van der Waals surface area (Å²) in [6.07, 6.45) is 9.75. The summed E-state index contributed by atoms with van der Waals surface area (Å²) in [6, 6.07) is 7.07. The molecule has 1 aromatic carbocycles. The van der Waals surface area contributed by atoms with Gasteiger partial charge in [-0.1, -0.05) is 77.8 Å². The maximum absolute atomic E-state index is 12.3. The van der Waals surface area contributed by atoms with Crippen LogP contribution < -0.4 is 0 Å². The number of imide groups is 1. The molecule has 1 aliphatic heterocycles. The highest BCUT2D eigenvalue weighted by atomic mass is 16.2. The van der Waals surface area contributed by atoms with Crippen LogP contribution in [-0.4, -0.2) is 29.0 Å². The maximum atomic E-state index is 12.3. The average molecular weight is 386 g/mol. The molecule has 2 rings (SSSR count). The summed E-state index contributed by atoms with van der Waals surface area (Å²) in [5.41, 5.74) is 1.08. The van der Waals surface area contributed by atoms with E-state index in [-0.39, 0.29) is 17.7 Å². The predicted molar refractivity (Wildman–Crippen MR) is 112 cm³/mol. The van der Waals surface area contributed by atoms with Gasteiger partial charge in [-0.05, 0) is 24.5 Å². The molecular formula is C24H35NO3. The minimum absolute atomic E-state index is 0.148. The van der Waals surface area contributed by atoms with E-state index in [1.807, 2.05) is 13.8 Å². The number of ketones is 1. The van der Waals surface area contributed by atoms with Crippen molar-refractivity contribution in [1.82, 2.24) is 4.90 Å². The Morgan fingerprint density at radius 1 is 0.821 bits per heavy atom. The molecule has 0 aliphatic carbocycles. The summed E-state index contributed by atoms with van der Waals surface area (Å²) in [7, 11) is 0. The Kier molecular flexibility index (Phi) is 8.88. The van der Waals surface area contributed by atoms with Gasteiger partial charge in [0.1, 0.15) is 5.78 Å². The molecule has 0 saturated carbocycles. The molecule has 0 fully saturated rings. The first-order valence-electron chi connectivity index (χ1n) is 10.9. The first-order chi connectivity index (χ1) is 13.4. The smallest absolute Gasteiger partial charge is 0.261 e. The third kappa shape index (κ3) is 6.29. The van der Waals surface area contributed by atoms with Gasteiger partial charge in [0.25, 0.3) is 11.8 Å². The van der Waals surface area contributed by atoms with Crippen molar-refractivity contribution in [1.29, 1.82) is 0 Å². The molecule has 4 nitrogen and oxygen atoms in total. The number of hydrogen-bond acceptors (Lipinski definition) is 3. The van der Waals surface area contributed by atoms with Gasteiger partial charge in [-0.25, -0.2) is 0 Å². The van der Waals surface area contributed by atoms with Crippen molar-refractivity contribution >= 4 is 17.6 Å². The number of amides is 2. The number of benzene rings is 1. The van der Waals surface area contributed by atoms with Crippen LogP contribution in [0.4, 0.5) is 0 Å². The summed E-state index contributed by atoms with van der Waals surface area (Å²) in [5.74, 6) is 0.735. The Bertz CT molecular complexity index is 645. The van der Waals surface area contributed by atoms with Crippen molar-refractivity contribution in [2.24, 2.45) is 11.8 Å². The second-order valence-electron chi connectivity index (χ2n) is 8.50. The Hall–Kier alpha value is -1.97. The maximum Gasteiger partial charge on any atom is 0.261 e. The zero-order valence-electron chi connectivity index (χ0n) is 17.7. The highest BCUT2D eigenvalue weighted by Crippen LogP contribution is 2.23. The molecule has 1 aromatic rings. The van der Waals surface area contributed by atoms with E-state index in [1.165, 1.54) is 30.6 Å². The number of fused-ring (bicyclic) bond motifs is 1. The fraction of sp³-hybridized carbons (Fsp3) is 0.625. The molecule has 0 bridgehead atoms. The van der Waals surface area contributed by atoms with Gasteiger partial charge in [0.05, 0.1) is 11.1 Å². The Labute approximate surface area is 169 Å². The molecule has 0 spiro atoms. The van der Waals surface area contributed by atoms with Crippen molar-refractivity contribution in [3.8, 4) is 0 Å². The number of carbonyl (C=O) groups excluding carboxylic acids is 3. The van der Waals surface area contributed by atoms with Crippen LogP contribution in [0.3, 0.4) is 0 Å².